The van der Waals surface area contributed by atoms with Crippen LogP contribution in [0.15, 0.2) is 18.2 Å². The highest BCUT2D eigenvalue weighted by molar-refractivity contribution is 6.25. The quantitative estimate of drug-likeness (QED) is 0.590. The van der Waals surface area contributed by atoms with Gasteiger partial charge in [-0.05, 0) is 58.6 Å². The smallest absolute Gasteiger partial charge is 0.407 e. The molecule has 0 bridgehead atoms. The summed E-state index contributed by atoms with van der Waals surface area (Å²) in [4.78, 5) is 62.9. The van der Waals surface area contributed by atoms with Crippen LogP contribution in [0.4, 0.5) is 10.5 Å². The van der Waals surface area contributed by atoms with E-state index in [1.807, 2.05) is 0 Å². The Morgan fingerprint density at radius 3 is 2.48 bits per heavy atom. The lowest BCUT2D eigenvalue weighted by atomic mass is 10.0. The lowest BCUT2D eigenvalue weighted by Crippen LogP contribution is -2.54. The van der Waals surface area contributed by atoms with E-state index >= 15 is 0 Å². The van der Waals surface area contributed by atoms with Crippen LogP contribution in [-0.2, 0) is 14.3 Å². The maximum Gasteiger partial charge on any atom is 0.407 e. The maximum atomic E-state index is 13.2. The third-order valence-electron chi connectivity index (χ3n) is 5.98. The normalized spacial score (nSPS) is 25.1. The third kappa shape index (κ3) is 4.69. The zero-order chi connectivity index (χ0) is 23.9. The summed E-state index contributed by atoms with van der Waals surface area (Å²) >= 11 is 0. The minimum Gasteiger partial charge on any atom is -0.444 e. The van der Waals surface area contributed by atoms with E-state index in [4.69, 9.17) is 4.74 Å². The standard InChI is InChI=1S/C23H28N4O6/c1-23(2,3)33-22(32)25-13-8-7-12(11-13)24-15-6-4-5-14-18(15)21(31)27(20(14)30)16-9-10-17(28)26-19(16)29/h4-6,12-13,16,24H,7-11H2,1-3H3,(H,25,32)(H,26,28,29). The van der Waals surface area contributed by atoms with Crippen LogP contribution in [-0.4, -0.2) is 58.3 Å². The number of rotatable bonds is 4. The van der Waals surface area contributed by atoms with Crippen LogP contribution in [0.3, 0.4) is 0 Å². The molecule has 3 aliphatic rings. The largest absolute Gasteiger partial charge is 0.444 e. The van der Waals surface area contributed by atoms with Gasteiger partial charge in [-0.25, -0.2) is 4.79 Å². The molecule has 1 aromatic rings. The first-order valence-electron chi connectivity index (χ1n) is 11.1. The molecule has 2 heterocycles. The number of benzene rings is 1. The number of nitrogens with zero attached hydrogens (tertiary/aromatic N) is 1. The first-order chi connectivity index (χ1) is 15.5. The molecule has 0 spiro atoms. The topological polar surface area (TPSA) is 134 Å². The molecule has 4 rings (SSSR count). The summed E-state index contributed by atoms with van der Waals surface area (Å²) in [7, 11) is 0. The molecule has 1 saturated heterocycles. The van der Waals surface area contributed by atoms with E-state index in [0.717, 1.165) is 17.7 Å². The van der Waals surface area contributed by atoms with Gasteiger partial charge in [0.05, 0.1) is 11.1 Å². The van der Waals surface area contributed by atoms with Gasteiger partial charge in [-0.3, -0.25) is 29.4 Å². The van der Waals surface area contributed by atoms with Crippen LogP contribution in [0, 0.1) is 0 Å². The fourth-order valence-corrected chi connectivity index (χ4v) is 4.57. The Balaban J connectivity index is 1.45. The lowest BCUT2D eigenvalue weighted by Gasteiger charge is -2.28. The average Bonchev–Trinajstić information content (AvgIpc) is 3.24. The Morgan fingerprint density at radius 2 is 1.79 bits per heavy atom. The molecule has 2 aliphatic heterocycles. The van der Waals surface area contributed by atoms with Gasteiger partial charge in [-0.15, -0.1) is 0 Å². The fraction of sp³-hybridized carbons (Fsp3) is 0.522. The molecule has 33 heavy (non-hydrogen) atoms. The average molecular weight is 456 g/mol. The molecule has 0 radical (unpaired) electrons. The Kier molecular flexibility index (Phi) is 5.85. The first kappa shape index (κ1) is 22.8. The SMILES string of the molecule is CC(C)(C)OC(=O)NC1CCC(Nc2cccc3c2C(=O)N(C2CCC(=O)NC2=O)C3=O)C1. The second-order valence-electron chi connectivity index (χ2n) is 9.67. The molecule has 176 valence electrons. The van der Waals surface area contributed by atoms with Gasteiger partial charge in [-0.1, -0.05) is 6.07 Å². The number of alkyl carbamates (subject to hydrolysis) is 1. The first-order valence-corrected chi connectivity index (χ1v) is 11.1. The summed E-state index contributed by atoms with van der Waals surface area (Å²) < 4.78 is 5.31. The Morgan fingerprint density at radius 1 is 1.06 bits per heavy atom. The summed E-state index contributed by atoms with van der Waals surface area (Å²) in [6, 6.07) is 3.90. The number of hydrogen-bond acceptors (Lipinski definition) is 7. The van der Waals surface area contributed by atoms with E-state index in [1.165, 1.54) is 0 Å². The number of anilines is 1. The number of hydrogen-bond donors (Lipinski definition) is 3. The molecule has 0 aromatic heterocycles. The number of fused-ring (bicyclic) bond motifs is 1. The second-order valence-corrected chi connectivity index (χ2v) is 9.67. The van der Waals surface area contributed by atoms with Gasteiger partial charge in [0.25, 0.3) is 11.8 Å². The van der Waals surface area contributed by atoms with Gasteiger partial charge in [0.1, 0.15) is 11.6 Å². The molecule has 10 heteroatoms. The molecule has 1 aliphatic carbocycles. The molecule has 3 N–H and O–H groups in total. The molecule has 3 atom stereocenters. The number of piperidine rings is 1. The molecular formula is C23H28N4O6. The van der Waals surface area contributed by atoms with Crippen molar-refractivity contribution in [3.05, 3.63) is 29.3 Å². The van der Waals surface area contributed by atoms with E-state index in [1.54, 1.807) is 39.0 Å². The highest BCUT2D eigenvalue weighted by Crippen LogP contribution is 2.34. The molecule has 3 unspecified atom stereocenters. The van der Waals surface area contributed by atoms with Crippen molar-refractivity contribution in [1.29, 1.82) is 0 Å². The zero-order valence-electron chi connectivity index (χ0n) is 18.9. The van der Waals surface area contributed by atoms with Crippen LogP contribution >= 0.6 is 0 Å². The van der Waals surface area contributed by atoms with Crippen LogP contribution in [0.2, 0.25) is 0 Å². The van der Waals surface area contributed by atoms with Crippen molar-refractivity contribution in [2.45, 2.75) is 76.6 Å². The Hall–Kier alpha value is -3.43. The monoisotopic (exact) mass is 456 g/mol. The summed E-state index contributed by atoms with van der Waals surface area (Å²) in [5.41, 5.74) is 0.405. The number of carbonyl (C=O) groups excluding carboxylic acids is 5. The lowest BCUT2D eigenvalue weighted by molar-refractivity contribution is -0.136. The molecule has 1 aromatic carbocycles. The number of imide groups is 2. The highest BCUT2D eigenvalue weighted by atomic mass is 16.6. The van der Waals surface area contributed by atoms with Crippen molar-refractivity contribution in [2.24, 2.45) is 0 Å². The van der Waals surface area contributed by atoms with Crippen molar-refractivity contribution in [3.63, 3.8) is 0 Å². The molecule has 2 fully saturated rings. The molecule has 10 nitrogen and oxygen atoms in total. The number of ether oxygens (including phenoxy) is 1. The summed E-state index contributed by atoms with van der Waals surface area (Å²) in [6.45, 7) is 5.41. The minimum absolute atomic E-state index is 0.0102. The van der Waals surface area contributed by atoms with Gasteiger partial charge >= 0.3 is 6.09 Å². The van der Waals surface area contributed by atoms with Crippen molar-refractivity contribution in [1.82, 2.24) is 15.5 Å². The summed E-state index contributed by atoms with van der Waals surface area (Å²) in [5, 5.41) is 8.41. The number of amides is 5. The summed E-state index contributed by atoms with van der Waals surface area (Å²) in [6.07, 6.45) is 1.88. The predicted molar refractivity (Wildman–Crippen MR) is 118 cm³/mol. The van der Waals surface area contributed by atoms with E-state index in [-0.39, 0.29) is 36.1 Å². The van der Waals surface area contributed by atoms with Gasteiger partial charge in [0.2, 0.25) is 11.8 Å². The van der Waals surface area contributed by atoms with Gasteiger partial charge in [0, 0.05) is 24.2 Å². The zero-order valence-corrected chi connectivity index (χ0v) is 18.9. The van der Waals surface area contributed by atoms with Crippen LogP contribution in [0.25, 0.3) is 0 Å². The van der Waals surface area contributed by atoms with Crippen molar-refractivity contribution < 1.29 is 28.7 Å². The Labute approximate surface area is 191 Å². The van der Waals surface area contributed by atoms with Gasteiger partial charge in [0.15, 0.2) is 0 Å². The molecule has 1 saturated carbocycles. The van der Waals surface area contributed by atoms with Gasteiger partial charge in [-0.2, -0.15) is 0 Å². The second kappa shape index (κ2) is 8.49. The van der Waals surface area contributed by atoms with Crippen molar-refractivity contribution >= 4 is 35.4 Å². The Bertz CT molecular complexity index is 1030. The van der Waals surface area contributed by atoms with Crippen LogP contribution in [0.1, 0.15) is 73.6 Å². The van der Waals surface area contributed by atoms with E-state index in [0.29, 0.717) is 12.1 Å². The van der Waals surface area contributed by atoms with Crippen LogP contribution < -0.4 is 16.0 Å². The van der Waals surface area contributed by atoms with Crippen LogP contribution in [0.5, 0.6) is 0 Å². The van der Waals surface area contributed by atoms with E-state index in [9.17, 15) is 24.0 Å². The van der Waals surface area contributed by atoms with E-state index < -0.39 is 41.4 Å². The van der Waals surface area contributed by atoms with E-state index in [2.05, 4.69) is 16.0 Å². The number of nitrogens with one attached hydrogen (secondary N) is 3. The minimum atomic E-state index is -1.00. The summed E-state index contributed by atoms with van der Waals surface area (Å²) in [5.74, 6) is -2.13. The van der Waals surface area contributed by atoms with Crippen molar-refractivity contribution in [2.75, 3.05) is 5.32 Å². The van der Waals surface area contributed by atoms with Gasteiger partial charge < -0.3 is 15.4 Å². The predicted octanol–water partition coefficient (Wildman–Crippen LogP) is 1.95. The fourth-order valence-electron chi connectivity index (χ4n) is 4.57. The highest BCUT2D eigenvalue weighted by Gasteiger charge is 2.45. The molecule has 5 amide bonds. The molecular weight excluding hydrogens is 428 g/mol. The number of carbonyl (C=O) groups is 5. The third-order valence-corrected chi connectivity index (χ3v) is 5.98. The van der Waals surface area contributed by atoms with Crippen molar-refractivity contribution in [3.8, 4) is 0 Å². The maximum absolute atomic E-state index is 13.2.